The molecule has 0 saturated carbocycles. The molecule has 0 saturated heterocycles. The number of carbonyl (C=O) groups is 2. The SMILES string of the molecule is CCCCCNC(=O)CN(CCCN(C)C)C(C)=O. The Morgan fingerprint density at radius 1 is 1.05 bits per heavy atom. The van der Waals surface area contributed by atoms with Crippen LogP contribution in [0.4, 0.5) is 0 Å². The summed E-state index contributed by atoms with van der Waals surface area (Å²) in [6.07, 6.45) is 4.15. The Labute approximate surface area is 117 Å². The maximum atomic E-state index is 11.7. The zero-order valence-electron chi connectivity index (χ0n) is 12.9. The first-order valence-electron chi connectivity index (χ1n) is 7.14. The molecule has 5 nitrogen and oxygen atoms in total. The smallest absolute Gasteiger partial charge is 0.239 e. The maximum absolute atomic E-state index is 11.7. The number of unbranched alkanes of at least 4 members (excludes halogenated alkanes) is 2. The number of nitrogens with zero attached hydrogens (tertiary/aromatic N) is 2. The molecule has 5 heteroatoms. The fraction of sp³-hybridized carbons (Fsp3) is 0.857. The van der Waals surface area contributed by atoms with E-state index in [0.29, 0.717) is 13.1 Å². The minimum atomic E-state index is -0.0591. The van der Waals surface area contributed by atoms with Crippen LogP contribution < -0.4 is 5.32 Å². The van der Waals surface area contributed by atoms with Gasteiger partial charge < -0.3 is 15.1 Å². The molecule has 0 spiro atoms. The minimum absolute atomic E-state index is 0.0394. The van der Waals surface area contributed by atoms with Crippen LogP contribution in [0.15, 0.2) is 0 Å². The molecule has 1 N–H and O–H groups in total. The van der Waals surface area contributed by atoms with Crippen molar-refractivity contribution in [3.63, 3.8) is 0 Å². The Morgan fingerprint density at radius 3 is 2.26 bits per heavy atom. The van der Waals surface area contributed by atoms with Gasteiger partial charge in [0.05, 0.1) is 6.54 Å². The van der Waals surface area contributed by atoms with Crippen LogP contribution in [0.1, 0.15) is 39.5 Å². The third-order valence-electron chi connectivity index (χ3n) is 2.92. The predicted octanol–water partition coefficient (Wildman–Crippen LogP) is 1.09. The fourth-order valence-electron chi connectivity index (χ4n) is 1.76. The Morgan fingerprint density at radius 2 is 1.74 bits per heavy atom. The average molecular weight is 271 g/mol. The van der Waals surface area contributed by atoms with E-state index >= 15 is 0 Å². The molecule has 0 unspecified atom stereocenters. The number of carbonyl (C=O) groups excluding carboxylic acids is 2. The summed E-state index contributed by atoms with van der Waals surface area (Å²) < 4.78 is 0. The topological polar surface area (TPSA) is 52.7 Å². The van der Waals surface area contributed by atoms with Gasteiger partial charge in [0.2, 0.25) is 11.8 Å². The van der Waals surface area contributed by atoms with E-state index in [1.807, 2.05) is 14.1 Å². The summed E-state index contributed by atoms with van der Waals surface area (Å²) in [5.41, 5.74) is 0. The van der Waals surface area contributed by atoms with E-state index in [1.165, 1.54) is 6.92 Å². The van der Waals surface area contributed by atoms with Crippen LogP contribution in [-0.2, 0) is 9.59 Å². The lowest BCUT2D eigenvalue weighted by Gasteiger charge is -2.21. The van der Waals surface area contributed by atoms with Crippen LogP contribution in [0, 0.1) is 0 Å². The standard InChI is InChI=1S/C14H29N3O2/c1-5-6-7-9-15-14(19)12-17(13(2)18)11-8-10-16(3)4/h5-12H2,1-4H3,(H,15,19). The summed E-state index contributed by atoms with van der Waals surface area (Å²) in [4.78, 5) is 26.8. The van der Waals surface area contributed by atoms with E-state index < -0.39 is 0 Å². The van der Waals surface area contributed by atoms with E-state index in [4.69, 9.17) is 0 Å². The highest BCUT2D eigenvalue weighted by Gasteiger charge is 2.12. The van der Waals surface area contributed by atoms with Gasteiger partial charge in [0, 0.05) is 20.0 Å². The molecular formula is C14H29N3O2. The lowest BCUT2D eigenvalue weighted by Crippen LogP contribution is -2.41. The molecule has 0 atom stereocenters. The van der Waals surface area contributed by atoms with Gasteiger partial charge in [0.1, 0.15) is 0 Å². The van der Waals surface area contributed by atoms with Crippen molar-refractivity contribution in [1.29, 1.82) is 0 Å². The van der Waals surface area contributed by atoms with Gasteiger partial charge in [-0.05, 0) is 33.5 Å². The van der Waals surface area contributed by atoms with Crippen molar-refractivity contribution in [2.75, 3.05) is 40.3 Å². The zero-order valence-corrected chi connectivity index (χ0v) is 12.9. The molecule has 112 valence electrons. The summed E-state index contributed by atoms with van der Waals surface area (Å²) in [5.74, 6) is -0.0985. The summed E-state index contributed by atoms with van der Waals surface area (Å²) >= 11 is 0. The van der Waals surface area contributed by atoms with E-state index in [2.05, 4.69) is 17.1 Å². The lowest BCUT2D eigenvalue weighted by molar-refractivity contribution is -0.134. The minimum Gasteiger partial charge on any atom is -0.355 e. The van der Waals surface area contributed by atoms with Crippen LogP contribution in [0.2, 0.25) is 0 Å². The average Bonchev–Trinajstić information content (AvgIpc) is 2.33. The molecule has 0 fully saturated rings. The molecule has 2 amide bonds. The quantitative estimate of drug-likeness (QED) is 0.605. The van der Waals surface area contributed by atoms with Crippen LogP contribution in [0.3, 0.4) is 0 Å². The van der Waals surface area contributed by atoms with Gasteiger partial charge >= 0.3 is 0 Å². The van der Waals surface area contributed by atoms with E-state index in [9.17, 15) is 9.59 Å². The molecule has 0 aliphatic carbocycles. The highest BCUT2D eigenvalue weighted by atomic mass is 16.2. The van der Waals surface area contributed by atoms with Gasteiger partial charge in [-0.2, -0.15) is 0 Å². The number of hydrogen-bond acceptors (Lipinski definition) is 3. The molecule has 0 aromatic heterocycles. The molecule has 0 aliphatic rings. The Bertz CT molecular complexity index is 267. The van der Waals surface area contributed by atoms with Gasteiger partial charge in [-0.3, -0.25) is 9.59 Å². The summed E-state index contributed by atoms with van der Waals surface area (Å²) in [6, 6.07) is 0. The second-order valence-electron chi connectivity index (χ2n) is 5.15. The van der Waals surface area contributed by atoms with E-state index in [0.717, 1.165) is 32.2 Å². The second-order valence-corrected chi connectivity index (χ2v) is 5.15. The Hall–Kier alpha value is -1.10. The second kappa shape index (κ2) is 10.8. The monoisotopic (exact) mass is 271 g/mol. The van der Waals surface area contributed by atoms with Crippen LogP contribution in [0.25, 0.3) is 0 Å². The Balaban J connectivity index is 3.91. The Kier molecular flexibility index (Phi) is 10.2. The first-order chi connectivity index (χ1) is 8.97. The lowest BCUT2D eigenvalue weighted by atomic mass is 10.2. The highest BCUT2D eigenvalue weighted by Crippen LogP contribution is 1.95. The van der Waals surface area contributed by atoms with Gasteiger partial charge in [-0.1, -0.05) is 19.8 Å². The molecule has 0 radical (unpaired) electrons. The summed E-state index contributed by atoms with van der Waals surface area (Å²) in [7, 11) is 4.00. The third kappa shape index (κ3) is 10.5. The van der Waals surface area contributed by atoms with Crippen LogP contribution in [0.5, 0.6) is 0 Å². The van der Waals surface area contributed by atoms with Crippen LogP contribution in [-0.4, -0.2) is 61.9 Å². The molecule has 0 aromatic carbocycles. The van der Waals surface area contributed by atoms with Crippen molar-refractivity contribution < 1.29 is 9.59 Å². The maximum Gasteiger partial charge on any atom is 0.239 e. The molecule has 0 heterocycles. The molecule has 0 aromatic rings. The molecule has 0 rings (SSSR count). The number of rotatable bonds is 10. The highest BCUT2D eigenvalue weighted by molar-refractivity contribution is 5.83. The first-order valence-corrected chi connectivity index (χ1v) is 7.14. The summed E-state index contributed by atoms with van der Waals surface area (Å²) in [5, 5.41) is 2.86. The first kappa shape index (κ1) is 17.9. The fourth-order valence-corrected chi connectivity index (χ4v) is 1.76. The molecule has 0 aliphatic heterocycles. The van der Waals surface area contributed by atoms with E-state index in [-0.39, 0.29) is 18.4 Å². The third-order valence-corrected chi connectivity index (χ3v) is 2.92. The van der Waals surface area contributed by atoms with Crippen molar-refractivity contribution in [1.82, 2.24) is 15.1 Å². The van der Waals surface area contributed by atoms with Gasteiger partial charge in [0.15, 0.2) is 0 Å². The van der Waals surface area contributed by atoms with Gasteiger partial charge in [-0.15, -0.1) is 0 Å². The van der Waals surface area contributed by atoms with E-state index in [1.54, 1.807) is 4.90 Å². The molecule has 19 heavy (non-hydrogen) atoms. The van der Waals surface area contributed by atoms with Crippen molar-refractivity contribution in [2.24, 2.45) is 0 Å². The molecule has 0 bridgehead atoms. The summed E-state index contributed by atoms with van der Waals surface area (Å²) in [6.45, 7) is 6.08. The van der Waals surface area contributed by atoms with Crippen molar-refractivity contribution in [3.05, 3.63) is 0 Å². The largest absolute Gasteiger partial charge is 0.355 e. The van der Waals surface area contributed by atoms with Gasteiger partial charge in [-0.25, -0.2) is 0 Å². The van der Waals surface area contributed by atoms with Crippen molar-refractivity contribution in [3.8, 4) is 0 Å². The number of nitrogens with one attached hydrogen (secondary N) is 1. The molecular weight excluding hydrogens is 242 g/mol. The van der Waals surface area contributed by atoms with Crippen LogP contribution >= 0.6 is 0 Å². The predicted molar refractivity (Wildman–Crippen MR) is 78.0 cm³/mol. The zero-order chi connectivity index (χ0) is 14.7. The number of amides is 2. The normalized spacial score (nSPS) is 10.6. The number of hydrogen-bond donors (Lipinski definition) is 1. The van der Waals surface area contributed by atoms with Gasteiger partial charge in [0.25, 0.3) is 0 Å². The van der Waals surface area contributed by atoms with Crippen molar-refractivity contribution >= 4 is 11.8 Å². The van der Waals surface area contributed by atoms with Crippen molar-refractivity contribution in [2.45, 2.75) is 39.5 Å².